The topological polar surface area (TPSA) is 43.4 Å². The van der Waals surface area contributed by atoms with Crippen LogP contribution < -0.4 is 0 Å². The van der Waals surface area contributed by atoms with Crippen LogP contribution in [0.5, 0.6) is 0 Å². The first-order chi connectivity index (χ1) is 7.08. The molecule has 0 aliphatic carbocycles. The second kappa shape index (κ2) is 6.48. The van der Waals surface area contributed by atoms with Gasteiger partial charge in [0, 0.05) is 22.2 Å². The molecule has 0 aliphatic heterocycles. The SMILES string of the molecule is O=S(=O)(Cl)CCCCOCc1cccs1. The molecule has 0 fully saturated rings. The molecule has 0 saturated heterocycles. The maximum atomic E-state index is 10.6. The van der Waals surface area contributed by atoms with E-state index in [-0.39, 0.29) is 5.75 Å². The first-order valence-electron chi connectivity index (χ1n) is 4.60. The molecule has 0 aliphatic rings. The zero-order valence-corrected chi connectivity index (χ0v) is 10.6. The molecule has 15 heavy (non-hydrogen) atoms. The minimum Gasteiger partial charge on any atom is -0.376 e. The molecular formula is C9H13ClO3S2. The van der Waals surface area contributed by atoms with Gasteiger partial charge in [-0.15, -0.1) is 11.3 Å². The zero-order valence-electron chi connectivity index (χ0n) is 8.19. The maximum absolute atomic E-state index is 10.6. The Bertz CT molecular complexity index is 359. The van der Waals surface area contributed by atoms with Crippen molar-refractivity contribution < 1.29 is 13.2 Å². The Kier molecular flexibility index (Phi) is 5.60. The van der Waals surface area contributed by atoms with E-state index in [1.54, 1.807) is 11.3 Å². The van der Waals surface area contributed by atoms with Gasteiger partial charge in [0.25, 0.3) is 0 Å². The summed E-state index contributed by atoms with van der Waals surface area (Å²) in [7, 11) is 1.72. The third-order valence-electron chi connectivity index (χ3n) is 1.75. The molecule has 0 bridgehead atoms. The van der Waals surface area contributed by atoms with Gasteiger partial charge in [0.15, 0.2) is 0 Å². The van der Waals surface area contributed by atoms with E-state index in [2.05, 4.69) is 0 Å². The Labute approximate surface area is 98.4 Å². The molecule has 1 rings (SSSR count). The van der Waals surface area contributed by atoms with Gasteiger partial charge in [0.1, 0.15) is 0 Å². The summed E-state index contributed by atoms with van der Waals surface area (Å²) in [5.74, 6) is 0.0247. The third kappa shape index (κ3) is 6.89. The molecule has 0 radical (unpaired) electrons. The molecule has 3 nitrogen and oxygen atoms in total. The number of unbranched alkanes of at least 4 members (excludes halogenated alkanes) is 1. The van der Waals surface area contributed by atoms with Gasteiger partial charge in [-0.1, -0.05) is 6.07 Å². The van der Waals surface area contributed by atoms with Gasteiger partial charge >= 0.3 is 0 Å². The van der Waals surface area contributed by atoms with E-state index in [1.807, 2.05) is 17.5 Å². The van der Waals surface area contributed by atoms with Gasteiger partial charge in [-0.25, -0.2) is 8.42 Å². The fourth-order valence-electron chi connectivity index (χ4n) is 1.05. The van der Waals surface area contributed by atoms with Crippen LogP contribution in [0, 0.1) is 0 Å². The van der Waals surface area contributed by atoms with Crippen LogP contribution in [0.15, 0.2) is 17.5 Å². The standard InChI is InChI=1S/C9H13ClO3S2/c10-15(11,12)7-2-1-5-13-8-9-4-3-6-14-9/h3-4,6H,1-2,5,7-8H2. The minimum absolute atomic E-state index is 0.0247. The maximum Gasteiger partial charge on any atom is 0.232 e. The van der Waals surface area contributed by atoms with Gasteiger partial charge < -0.3 is 4.74 Å². The highest BCUT2D eigenvalue weighted by Crippen LogP contribution is 2.10. The lowest BCUT2D eigenvalue weighted by Crippen LogP contribution is -2.00. The molecule has 1 heterocycles. The second-order valence-corrected chi connectivity index (χ2v) is 7.01. The molecule has 0 spiro atoms. The fraction of sp³-hybridized carbons (Fsp3) is 0.556. The van der Waals surface area contributed by atoms with Crippen LogP contribution in [-0.4, -0.2) is 20.8 Å². The molecule has 0 saturated carbocycles. The van der Waals surface area contributed by atoms with Crippen molar-refractivity contribution >= 4 is 31.1 Å². The van der Waals surface area contributed by atoms with Crippen molar-refractivity contribution in [1.29, 1.82) is 0 Å². The molecule has 1 aromatic rings. The zero-order chi connectivity index (χ0) is 11.1. The van der Waals surface area contributed by atoms with E-state index < -0.39 is 9.05 Å². The summed E-state index contributed by atoms with van der Waals surface area (Å²) >= 11 is 1.65. The number of hydrogen-bond donors (Lipinski definition) is 0. The molecule has 86 valence electrons. The largest absolute Gasteiger partial charge is 0.376 e. The van der Waals surface area contributed by atoms with Crippen molar-refractivity contribution in [2.24, 2.45) is 0 Å². The van der Waals surface area contributed by atoms with Gasteiger partial charge in [-0.3, -0.25) is 0 Å². The van der Waals surface area contributed by atoms with Crippen LogP contribution in [-0.2, 0) is 20.4 Å². The smallest absolute Gasteiger partial charge is 0.232 e. The van der Waals surface area contributed by atoms with Crippen molar-refractivity contribution in [3.05, 3.63) is 22.4 Å². The van der Waals surface area contributed by atoms with Gasteiger partial charge in [-0.2, -0.15) is 0 Å². The van der Waals surface area contributed by atoms with Crippen LogP contribution in [0.25, 0.3) is 0 Å². The summed E-state index contributed by atoms with van der Waals surface area (Å²) in [5.41, 5.74) is 0. The summed E-state index contributed by atoms with van der Waals surface area (Å²) in [6, 6.07) is 3.98. The summed E-state index contributed by atoms with van der Waals surface area (Å²) < 4.78 is 26.5. The molecule has 0 atom stereocenters. The van der Waals surface area contributed by atoms with E-state index in [4.69, 9.17) is 15.4 Å². The van der Waals surface area contributed by atoms with Crippen LogP contribution in [0.1, 0.15) is 17.7 Å². The normalized spacial score (nSPS) is 11.8. The first kappa shape index (κ1) is 13.0. The molecule has 6 heteroatoms. The highest BCUT2D eigenvalue weighted by molar-refractivity contribution is 8.13. The highest BCUT2D eigenvalue weighted by atomic mass is 35.7. The Balaban J connectivity index is 1.99. The second-order valence-electron chi connectivity index (χ2n) is 3.08. The van der Waals surface area contributed by atoms with E-state index >= 15 is 0 Å². The average Bonchev–Trinajstić information content (AvgIpc) is 2.61. The van der Waals surface area contributed by atoms with Crippen LogP contribution in [0.3, 0.4) is 0 Å². The predicted molar refractivity (Wildman–Crippen MR) is 62.8 cm³/mol. The van der Waals surface area contributed by atoms with Crippen LogP contribution in [0.2, 0.25) is 0 Å². The summed E-state index contributed by atoms with van der Waals surface area (Å²) in [6.45, 7) is 1.18. The highest BCUT2D eigenvalue weighted by Gasteiger charge is 2.03. The number of rotatable bonds is 7. The third-order valence-corrected chi connectivity index (χ3v) is 3.84. The Morgan fingerprint density at radius 1 is 1.40 bits per heavy atom. The summed E-state index contributed by atoms with van der Waals surface area (Å²) in [4.78, 5) is 1.18. The predicted octanol–water partition coefficient (Wildman–Crippen LogP) is 2.61. The van der Waals surface area contributed by atoms with Crippen molar-refractivity contribution in [3.63, 3.8) is 0 Å². The molecule has 0 aromatic carbocycles. The Morgan fingerprint density at radius 3 is 2.80 bits per heavy atom. The summed E-state index contributed by atoms with van der Waals surface area (Å²) in [5, 5.41) is 2.00. The first-order valence-corrected chi connectivity index (χ1v) is 7.96. The average molecular weight is 269 g/mol. The van der Waals surface area contributed by atoms with Crippen LogP contribution in [0.4, 0.5) is 0 Å². The molecule has 0 amide bonds. The quantitative estimate of drug-likeness (QED) is 0.564. The molecule has 1 aromatic heterocycles. The Hall–Kier alpha value is -0.100. The van der Waals surface area contributed by atoms with Crippen LogP contribution >= 0.6 is 22.0 Å². The number of ether oxygens (including phenoxy) is 1. The lowest BCUT2D eigenvalue weighted by molar-refractivity contribution is 0.120. The van der Waals surface area contributed by atoms with Gasteiger partial charge in [0.2, 0.25) is 9.05 Å². The lowest BCUT2D eigenvalue weighted by atomic mass is 10.4. The van der Waals surface area contributed by atoms with Gasteiger partial charge in [-0.05, 0) is 24.3 Å². The summed E-state index contributed by atoms with van der Waals surface area (Å²) in [6.07, 6.45) is 1.27. The number of hydrogen-bond acceptors (Lipinski definition) is 4. The van der Waals surface area contributed by atoms with E-state index in [9.17, 15) is 8.42 Å². The fourth-order valence-corrected chi connectivity index (χ4v) is 2.56. The molecule has 0 N–H and O–H groups in total. The van der Waals surface area contributed by atoms with E-state index in [1.165, 1.54) is 4.88 Å². The van der Waals surface area contributed by atoms with Crippen molar-refractivity contribution in [3.8, 4) is 0 Å². The number of halogens is 1. The minimum atomic E-state index is -3.34. The van der Waals surface area contributed by atoms with E-state index in [0.717, 1.165) is 6.42 Å². The number of thiophene rings is 1. The molecular weight excluding hydrogens is 256 g/mol. The Morgan fingerprint density at radius 2 is 2.20 bits per heavy atom. The van der Waals surface area contributed by atoms with Crippen molar-refractivity contribution in [2.45, 2.75) is 19.4 Å². The van der Waals surface area contributed by atoms with Crippen molar-refractivity contribution in [1.82, 2.24) is 0 Å². The molecule has 0 unspecified atom stereocenters. The monoisotopic (exact) mass is 268 g/mol. The van der Waals surface area contributed by atoms with Crippen molar-refractivity contribution in [2.75, 3.05) is 12.4 Å². The van der Waals surface area contributed by atoms with E-state index in [0.29, 0.717) is 19.6 Å². The van der Waals surface area contributed by atoms with Gasteiger partial charge in [0.05, 0.1) is 12.4 Å². The lowest BCUT2D eigenvalue weighted by Gasteiger charge is -2.01.